The highest BCUT2D eigenvalue weighted by Gasteiger charge is 2.30. The van der Waals surface area contributed by atoms with Gasteiger partial charge < -0.3 is 13.7 Å². The van der Waals surface area contributed by atoms with Gasteiger partial charge in [0.15, 0.2) is 5.70 Å². The topological polar surface area (TPSA) is 77.8 Å². The highest BCUT2D eigenvalue weighted by atomic mass is 16.6. The Labute approximate surface area is 137 Å². The van der Waals surface area contributed by atoms with Gasteiger partial charge in [0.2, 0.25) is 5.90 Å². The average Bonchev–Trinajstić information content (AvgIpc) is 3.30. The molecule has 0 saturated heterocycles. The third-order valence-electron chi connectivity index (χ3n) is 3.57. The van der Waals surface area contributed by atoms with Crippen molar-refractivity contribution >= 4 is 17.9 Å². The SMILES string of the molecule is Cc1onc(-c2ccccc2)c1C1=NC(=Cc2ccco2)C(=O)O1. The number of aliphatic imine (C=N–C) groups is 1. The molecule has 6 nitrogen and oxygen atoms in total. The summed E-state index contributed by atoms with van der Waals surface area (Å²) in [5, 5.41) is 4.07. The van der Waals surface area contributed by atoms with Gasteiger partial charge in [-0.25, -0.2) is 9.79 Å². The summed E-state index contributed by atoms with van der Waals surface area (Å²) in [7, 11) is 0. The largest absolute Gasteiger partial charge is 0.465 e. The fourth-order valence-electron chi connectivity index (χ4n) is 2.44. The normalized spacial score (nSPS) is 15.6. The van der Waals surface area contributed by atoms with Crippen LogP contribution in [0, 0.1) is 6.92 Å². The quantitative estimate of drug-likeness (QED) is 0.544. The van der Waals surface area contributed by atoms with Crippen LogP contribution in [0.4, 0.5) is 0 Å². The average molecular weight is 320 g/mol. The molecule has 0 bridgehead atoms. The minimum absolute atomic E-state index is 0.166. The molecule has 4 rings (SSSR count). The Morgan fingerprint density at radius 3 is 2.67 bits per heavy atom. The number of hydrogen-bond donors (Lipinski definition) is 0. The minimum Gasteiger partial charge on any atom is -0.465 e. The Hall–Kier alpha value is -3.41. The van der Waals surface area contributed by atoms with Crippen molar-refractivity contribution in [1.82, 2.24) is 5.16 Å². The number of rotatable bonds is 3. The van der Waals surface area contributed by atoms with E-state index in [2.05, 4.69) is 10.1 Å². The summed E-state index contributed by atoms with van der Waals surface area (Å²) in [6, 6.07) is 13.0. The van der Waals surface area contributed by atoms with E-state index in [9.17, 15) is 4.79 Å². The highest BCUT2D eigenvalue weighted by molar-refractivity contribution is 6.15. The molecular formula is C18H12N2O4. The summed E-state index contributed by atoms with van der Waals surface area (Å²) in [4.78, 5) is 16.3. The van der Waals surface area contributed by atoms with E-state index in [1.54, 1.807) is 19.1 Å². The second-order valence-electron chi connectivity index (χ2n) is 5.18. The van der Waals surface area contributed by atoms with Gasteiger partial charge in [0.05, 0.1) is 6.26 Å². The molecule has 0 radical (unpaired) electrons. The highest BCUT2D eigenvalue weighted by Crippen LogP contribution is 2.29. The summed E-state index contributed by atoms with van der Waals surface area (Å²) < 4.78 is 15.8. The lowest BCUT2D eigenvalue weighted by Crippen LogP contribution is -2.07. The molecule has 2 aromatic heterocycles. The molecule has 3 aromatic rings. The summed E-state index contributed by atoms with van der Waals surface area (Å²) in [6.45, 7) is 1.75. The fraction of sp³-hybridized carbons (Fsp3) is 0.0556. The molecule has 0 fully saturated rings. The molecule has 0 N–H and O–H groups in total. The van der Waals surface area contributed by atoms with Gasteiger partial charge in [-0.2, -0.15) is 0 Å². The third-order valence-corrected chi connectivity index (χ3v) is 3.57. The maximum Gasteiger partial charge on any atom is 0.363 e. The van der Waals surface area contributed by atoms with Gasteiger partial charge in [0.1, 0.15) is 22.8 Å². The van der Waals surface area contributed by atoms with E-state index in [4.69, 9.17) is 13.7 Å². The van der Waals surface area contributed by atoms with Crippen LogP contribution in [-0.4, -0.2) is 17.0 Å². The van der Waals surface area contributed by atoms with Crippen molar-refractivity contribution in [3.63, 3.8) is 0 Å². The van der Waals surface area contributed by atoms with Crippen molar-refractivity contribution in [3.05, 3.63) is 71.5 Å². The Balaban J connectivity index is 1.78. The molecule has 0 amide bonds. The van der Waals surface area contributed by atoms with E-state index in [1.165, 1.54) is 12.3 Å². The first kappa shape index (κ1) is 14.2. The first-order valence-electron chi connectivity index (χ1n) is 7.30. The van der Waals surface area contributed by atoms with Gasteiger partial charge in [0, 0.05) is 11.6 Å². The maximum absolute atomic E-state index is 12.1. The first-order valence-corrected chi connectivity index (χ1v) is 7.30. The molecule has 1 aromatic carbocycles. The summed E-state index contributed by atoms with van der Waals surface area (Å²) in [5.74, 6) is 0.688. The predicted octanol–water partition coefficient (Wildman–Crippen LogP) is 3.59. The Kier molecular flexibility index (Phi) is 3.35. The van der Waals surface area contributed by atoms with Crippen LogP contribution in [0.25, 0.3) is 17.3 Å². The van der Waals surface area contributed by atoms with Gasteiger partial charge in [-0.05, 0) is 19.1 Å². The number of carbonyl (C=O) groups is 1. The lowest BCUT2D eigenvalue weighted by atomic mass is 10.1. The van der Waals surface area contributed by atoms with Crippen LogP contribution in [0.15, 0.2) is 68.4 Å². The van der Waals surface area contributed by atoms with Crippen LogP contribution in [0.5, 0.6) is 0 Å². The van der Waals surface area contributed by atoms with Crippen molar-refractivity contribution in [2.24, 2.45) is 4.99 Å². The van der Waals surface area contributed by atoms with Crippen LogP contribution in [0.1, 0.15) is 17.1 Å². The number of furan rings is 1. The third kappa shape index (κ3) is 2.44. The number of carbonyl (C=O) groups excluding carboxylic acids is 1. The van der Waals surface area contributed by atoms with E-state index < -0.39 is 5.97 Å². The Morgan fingerprint density at radius 1 is 1.08 bits per heavy atom. The monoisotopic (exact) mass is 320 g/mol. The van der Waals surface area contributed by atoms with Crippen LogP contribution in [0.2, 0.25) is 0 Å². The molecule has 6 heteroatoms. The van der Waals surface area contributed by atoms with Crippen molar-refractivity contribution in [1.29, 1.82) is 0 Å². The summed E-state index contributed by atoms with van der Waals surface area (Å²) >= 11 is 0. The Bertz CT molecular complexity index is 950. The Morgan fingerprint density at radius 2 is 1.92 bits per heavy atom. The van der Waals surface area contributed by atoms with E-state index in [1.807, 2.05) is 30.3 Å². The first-order chi connectivity index (χ1) is 11.7. The van der Waals surface area contributed by atoms with Gasteiger partial charge in [-0.3, -0.25) is 0 Å². The van der Waals surface area contributed by atoms with E-state index >= 15 is 0 Å². The number of hydrogen-bond acceptors (Lipinski definition) is 6. The van der Waals surface area contributed by atoms with Crippen molar-refractivity contribution < 1.29 is 18.5 Å². The van der Waals surface area contributed by atoms with Crippen LogP contribution in [0.3, 0.4) is 0 Å². The number of esters is 1. The maximum atomic E-state index is 12.1. The molecule has 0 atom stereocenters. The smallest absolute Gasteiger partial charge is 0.363 e. The molecule has 0 saturated carbocycles. The van der Waals surface area contributed by atoms with Crippen LogP contribution in [-0.2, 0) is 9.53 Å². The molecule has 1 aliphatic heterocycles. The fourth-order valence-corrected chi connectivity index (χ4v) is 2.44. The van der Waals surface area contributed by atoms with Gasteiger partial charge in [0.25, 0.3) is 0 Å². The zero-order valence-electron chi connectivity index (χ0n) is 12.7. The molecule has 24 heavy (non-hydrogen) atoms. The lowest BCUT2D eigenvalue weighted by molar-refractivity contribution is -0.129. The van der Waals surface area contributed by atoms with Gasteiger partial charge in [-0.15, -0.1) is 0 Å². The molecule has 0 unspecified atom stereocenters. The second-order valence-corrected chi connectivity index (χ2v) is 5.18. The lowest BCUT2D eigenvalue weighted by Gasteiger charge is -2.01. The number of benzene rings is 1. The molecule has 0 spiro atoms. The standard InChI is InChI=1S/C18H12N2O4/c1-11-15(16(20-24-11)12-6-3-2-4-7-12)17-19-14(18(21)23-17)10-13-8-5-9-22-13/h2-10H,1H3. The van der Waals surface area contributed by atoms with Crippen molar-refractivity contribution in [2.45, 2.75) is 6.92 Å². The van der Waals surface area contributed by atoms with Crippen LogP contribution >= 0.6 is 0 Å². The van der Waals surface area contributed by atoms with Crippen LogP contribution < -0.4 is 0 Å². The van der Waals surface area contributed by atoms with Gasteiger partial charge in [-0.1, -0.05) is 35.5 Å². The predicted molar refractivity (Wildman–Crippen MR) is 86.0 cm³/mol. The number of aromatic nitrogens is 1. The van der Waals surface area contributed by atoms with Gasteiger partial charge >= 0.3 is 5.97 Å². The number of ether oxygens (including phenoxy) is 1. The molecule has 0 aliphatic carbocycles. The number of cyclic esters (lactones) is 1. The number of nitrogens with zero attached hydrogens (tertiary/aromatic N) is 2. The van der Waals surface area contributed by atoms with Crippen molar-refractivity contribution in [2.75, 3.05) is 0 Å². The summed E-state index contributed by atoms with van der Waals surface area (Å²) in [6.07, 6.45) is 3.05. The number of aryl methyl sites for hydroxylation is 1. The van der Waals surface area contributed by atoms with Crippen molar-refractivity contribution in [3.8, 4) is 11.3 Å². The molecule has 3 heterocycles. The van der Waals surface area contributed by atoms with E-state index in [0.717, 1.165) is 5.56 Å². The zero-order chi connectivity index (χ0) is 16.5. The molecule has 118 valence electrons. The molecular weight excluding hydrogens is 308 g/mol. The van der Waals surface area contributed by atoms with E-state index in [-0.39, 0.29) is 11.6 Å². The van der Waals surface area contributed by atoms with E-state index in [0.29, 0.717) is 22.8 Å². The second kappa shape index (κ2) is 5.66. The summed E-state index contributed by atoms with van der Waals surface area (Å²) in [5.41, 5.74) is 2.17. The molecule has 1 aliphatic rings. The minimum atomic E-state index is -0.541. The zero-order valence-corrected chi connectivity index (χ0v) is 12.7.